The number of ether oxygens (including phenoxy) is 1. The lowest BCUT2D eigenvalue weighted by atomic mass is 10.2. The maximum atomic E-state index is 11.6. The number of methoxy groups -OCH3 is 1. The molecule has 0 amide bonds. The van der Waals surface area contributed by atoms with Crippen molar-refractivity contribution in [3.63, 3.8) is 0 Å². The Balaban J connectivity index is 2.29. The van der Waals surface area contributed by atoms with E-state index < -0.39 is 5.97 Å². The molecule has 0 aliphatic heterocycles. The van der Waals surface area contributed by atoms with Crippen LogP contribution in [0.4, 0.5) is 0 Å². The van der Waals surface area contributed by atoms with Gasteiger partial charge in [-0.3, -0.25) is 0 Å². The fraction of sp³-hybridized carbons (Fsp3) is 0.0625. The lowest BCUT2D eigenvalue weighted by Crippen LogP contribution is -2.01. The molecule has 0 atom stereocenters. The zero-order valence-electron chi connectivity index (χ0n) is 12.7. The molecule has 0 aromatic heterocycles. The van der Waals surface area contributed by atoms with Crippen molar-refractivity contribution < 1.29 is 9.53 Å². The number of nitrogens with zero attached hydrogens (tertiary/aromatic N) is 3. The second kappa shape index (κ2) is 9.17. The van der Waals surface area contributed by atoms with E-state index in [1.54, 1.807) is 24.3 Å². The van der Waals surface area contributed by atoms with Crippen LogP contribution in [0.25, 0.3) is 16.5 Å². The molecular formula is C16H10BrCl2N3O2S. The third-order valence-electron chi connectivity index (χ3n) is 2.93. The first-order valence-corrected chi connectivity index (χ1v) is 9.08. The van der Waals surface area contributed by atoms with Crippen LogP contribution in [0.3, 0.4) is 0 Å². The Morgan fingerprint density at radius 1 is 1.28 bits per heavy atom. The molecule has 2 rings (SSSR count). The highest BCUT2D eigenvalue weighted by molar-refractivity contribution is 9.10. The molecule has 0 fully saturated rings. The molecule has 0 unspecified atom stereocenters. The predicted octanol–water partition coefficient (Wildman–Crippen LogP) is 6.73. The topological polar surface area (TPSA) is 75.1 Å². The minimum absolute atomic E-state index is 0.123. The number of esters is 1. The molecule has 0 saturated heterocycles. The minimum Gasteiger partial charge on any atom is -0.466 e. The van der Waals surface area contributed by atoms with Crippen LogP contribution in [-0.4, -0.2) is 13.1 Å². The van der Waals surface area contributed by atoms with Crippen LogP contribution in [0.15, 0.2) is 61.5 Å². The zero-order valence-corrected chi connectivity index (χ0v) is 16.7. The summed E-state index contributed by atoms with van der Waals surface area (Å²) >= 11 is 16.9. The fourth-order valence-electron chi connectivity index (χ4n) is 1.80. The van der Waals surface area contributed by atoms with Crippen molar-refractivity contribution >= 4 is 62.9 Å². The van der Waals surface area contributed by atoms with Gasteiger partial charge in [0.2, 0.25) is 0 Å². The van der Waals surface area contributed by atoms with Crippen LogP contribution >= 0.6 is 50.9 Å². The van der Waals surface area contributed by atoms with Crippen LogP contribution in [0.1, 0.15) is 5.56 Å². The monoisotopic (exact) mass is 457 g/mol. The first kappa shape index (κ1) is 19.7. The maximum Gasteiger partial charge on any atom is 0.340 e. The van der Waals surface area contributed by atoms with Gasteiger partial charge in [0.15, 0.2) is 0 Å². The molecular weight excluding hydrogens is 449 g/mol. The van der Waals surface area contributed by atoms with Gasteiger partial charge in [0.1, 0.15) is 5.70 Å². The second-order valence-electron chi connectivity index (χ2n) is 4.58. The number of halogens is 3. The van der Waals surface area contributed by atoms with E-state index in [0.29, 0.717) is 15.6 Å². The van der Waals surface area contributed by atoms with Crippen molar-refractivity contribution in [2.75, 3.05) is 7.11 Å². The van der Waals surface area contributed by atoms with E-state index in [1.165, 1.54) is 24.9 Å². The van der Waals surface area contributed by atoms with Crippen LogP contribution in [0.5, 0.6) is 0 Å². The third-order valence-corrected chi connectivity index (χ3v) is 5.65. The normalized spacial score (nSPS) is 11.0. The number of benzene rings is 2. The number of azide groups is 1. The quantitative estimate of drug-likeness (QED) is 0.164. The highest BCUT2D eigenvalue weighted by Gasteiger charge is 2.09. The summed E-state index contributed by atoms with van der Waals surface area (Å²) in [6.07, 6.45) is 1.45. The summed E-state index contributed by atoms with van der Waals surface area (Å²) < 4.78 is 5.39. The summed E-state index contributed by atoms with van der Waals surface area (Å²) in [4.78, 5) is 16.1. The van der Waals surface area contributed by atoms with Crippen molar-refractivity contribution in [1.82, 2.24) is 0 Å². The van der Waals surface area contributed by atoms with Gasteiger partial charge >= 0.3 is 5.97 Å². The lowest BCUT2D eigenvalue weighted by Gasteiger charge is -2.07. The molecule has 128 valence electrons. The maximum absolute atomic E-state index is 11.6. The second-order valence-corrected chi connectivity index (χ2v) is 7.36. The highest BCUT2D eigenvalue weighted by atomic mass is 79.9. The first-order chi connectivity index (χ1) is 11.9. The highest BCUT2D eigenvalue weighted by Crippen LogP contribution is 2.36. The third kappa shape index (κ3) is 5.42. The van der Waals surface area contributed by atoms with Crippen LogP contribution in [0, 0.1) is 0 Å². The first-order valence-electron chi connectivity index (χ1n) is 6.72. The van der Waals surface area contributed by atoms with E-state index in [9.17, 15) is 4.79 Å². The molecule has 0 heterocycles. The fourth-order valence-corrected chi connectivity index (χ4v) is 3.66. The molecule has 0 radical (unpaired) electrons. The molecule has 2 aromatic rings. The molecule has 0 aliphatic carbocycles. The number of hydrogen-bond donors (Lipinski definition) is 0. The summed E-state index contributed by atoms with van der Waals surface area (Å²) in [5.74, 6) is -0.705. The summed E-state index contributed by atoms with van der Waals surface area (Å²) in [5.41, 5.74) is 9.10. The predicted molar refractivity (Wildman–Crippen MR) is 104 cm³/mol. The Morgan fingerprint density at radius 2 is 2.04 bits per heavy atom. The minimum atomic E-state index is -0.705. The van der Waals surface area contributed by atoms with Crippen LogP contribution < -0.4 is 0 Å². The Bertz CT molecular complexity index is 899. The van der Waals surface area contributed by atoms with Crippen molar-refractivity contribution in [3.8, 4) is 0 Å². The molecule has 25 heavy (non-hydrogen) atoms. The smallest absolute Gasteiger partial charge is 0.340 e. The Hall–Kier alpha value is -1.63. The Morgan fingerprint density at radius 3 is 2.64 bits per heavy atom. The van der Waals surface area contributed by atoms with Gasteiger partial charge in [-0.1, -0.05) is 46.1 Å². The summed E-state index contributed by atoms with van der Waals surface area (Å²) in [7, 11) is 1.22. The van der Waals surface area contributed by atoms with Gasteiger partial charge < -0.3 is 4.74 Å². The van der Waals surface area contributed by atoms with E-state index in [-0.39, 0.29) is 5.70 Å². The average Bonchev–Trinajstić information content (AvgIpc) is 2.59. The van der Waals surface area contributed by atoms with Crippen molar-refractivity contribution in [1.29, 1.82) is 0 Å². The van der Waals surface area contributed by atoms with Gasteiger partial charge in [-0.05, 0) is 63.4 Å². The van der Waals surface area contributed by atoms with Gasteiger partial charge in [0.25, 0.3) is 0 Å². The molecule has 0 aliphatic rings. The van der Waals surface area contributed by atoms with Crippen LogP contribution in [-0.2, 0) is 9.53 Å². The average molecular weight is 459 g/mol. The van der Waals surface area contributed by atoms with Gasteiger partial charge in [0, 0.05) is 19.2 Å². The Kier molecular flexibility index (Phi) is 7.23. The van der Waals surface area contributed by atoms with E-state index in [1.807, 2.05) is 12.1 Å². The Labute approximate surface area is 166 Å². The number of carbonyl (C=O) groups excluding carboxylic acids is 1. The van der Waals surface area contributed by atoms with Gasteiger partial charge in [0.05, 0.1) is 17.2 Å². The molecule has 0 saturated carbocycles. The number of rotatable bonds is 5. The summed E-state index contributed by atoms with van der Waals surface area (Å²) in [6, 6.07) is 10.9. The summed E-state index contributed by atoms with van der Waals surface area (Å²) in [6.45, 7) is 0. The van der Waals surface area contributed by atoms with E-state index in [0.717, 1.165) is 14.3 Å². The summed E-state index contributed by atoms with van der Waals surface area (Å²) in [5, 5.41) is 4.33. The molecule has 0 N–H and O–H groups in total. The standard InChI is InChI=1S/C16H10BrCl2N3O2S/c1-24-16(23)14(21-22-20)7-9-2-5-15(11(17)6-9)25-10-3-4-12(18)13(19)8-10/h2-8H,1H3/b14-7-. The molecule has 9 heteroatoms. The van der Waals surface area contributed by atoms with Crippen molar-refractivity contribution in [2.45, 2.75) is 9.79 Å². The van der Waals surface area contributed by atoms with Crippen molar-refractivity contribution in [3.05, 3.63) is 72.6 Å². The van der Waals surface area contributed by atoms with E-state index >= 15 is 0 Å². The SMILES string of the molecule is COC(=O)/C(=C/c1ccc(Sc2ccc(Cl)c(Cl)c2)c(Br)c1)N=[N+]=[N-]. The zero-order chi connectivity index (χ0) is 18.4. The van der Waals surface area contributed by atoms with Gasteiger partial charge in [-0.2, -0.15) is 0 Å². The largest absolute Gasteiger partial charge is 0.466 e. The van der Waals surface area contributed by atoms with Crippen molar-refractivity contribution in [2.24, 2.45) is 5.11 Å². The lowest BCUT2D eigenvalue weighted by molar-refractivity contribution is -0.136. The van der Waals surface area contributed by atoms with Gasteiger partial charge in [-0.15, -0.1) is 0 Å². The molecule has 2 aromatic carbocycles. The number of carbonyl (C=O) groups is 1. The number of hydrogen-bond acceptors (Lipinski definition) is 4. The molecule has 0 spiro atoms. The van der Waals surface area contributed by atoms with Crippen LogP contribution in [0.2, 0.25) is 10.0 Å². The van der Waals surface area contributed by atoms with E-state index in [4.69, 9.17) is 28.7 Å². The molecule has 5 nitrogen and oxygen atoms in total. The van der Waals surface area contributed by atoms with Gasteiger partial charge in [-0.25, -0.2) is 4.79 Å². The van der Waals surface area contributed by atoms with E-state index in [2.05, 4.69) is 30.7 Å². The molecule has 0 bridgehead atoms.